The second-order valence-corrected chi connectivity index (χ2v) is 4.30. The molecule has 0 fully saturated rings. The van der Waals surface area contributed by atoms with Crippen molar-refractivity contribution in [3.05, 3.63) is 0 Å². The first kappa shape index (κ1) is 15.9. The number of nitrogens with one attached hydrogen (secondary N) is 1. The zero-order valence-corrected chi connectivity index (χ0v) is 11.0. The van der Waals surface area contributed by atoms with Crippen LogP contribution >= 0.6 is 0 Å². The summed E-state index contributed by atoms with van der Waals surface area (Å²) in [5.74, 6) is -0.783. The number of aliphatic carboxylic acids is 1. The van der Waals surface area contributed by atoms with Crippen molar-refractivity contribution in [2.75, 3.05) is 20.1 Å². The summed E-state index contributed by atoms with van der Waals surface area (Å²) in [7, 11) is 1.84. The van der Waals surface area contributed by atoms with Crippen LogP contribution in [0.2, 0.25) is 0 Å². The molecular formula is C12H24N2O3. The van der Waals surface area contributed by atoms with Crippen LogP contribution in [0.5, 0.6) is 0 Å². The van der Waals surface area contributed by atoms with E-state index in [4.69, 9.17) is 5.11 Å². The Labute approximate surface area is 103 Å². The van der Waals surface area contributed by atoms with Gasteiger partial charge in [0.2, 0.25) is 5.91 Å². The number of carbonyl (C=O) groups excluding carboxylic acids is 1. The van der Waals surface area contributed by atoms with Crippen LogP contribution in [0.15, 0.2) is 0 Å². The molecule has 0 aromatic carbocycles. The topological polar surface area (TPSA) is 69.6 Å². The summed E-state index contributed by atoms with van der Waals surface area (Å²) in [4.78, 5) is 23.9. The Morgan fingerprint density at radius 1 is 1.35 bits per heavy atom. The molecule has 5 nitrogen and oxygen atoms in total. The van der Waals surface area contributed by atoms with Crippen LogP contribution in [0.1, 0.15) is 39.5 Å². The largest absolute Gasteiger partial charge is 0.481 e. The lowest BCUT2D eigenvalue weighted by atomic mass is 10.2. The average molecular weight is 244 g/mol. The molecule has 0 heterocycles. The highest BCUT2D eigenvalue weighted by molar-refractivity contribution is 5.81. The van der Waals surface area contributed by atoms with Gasteiger partial charge in [-0.3, -0.25) is 14.5 Å². The van der Waals surface area contributed by atoms with E-state index in [0.29, 0.717) is 19.5 Å². The third kappa shape index (κ3) is 7.74. The molecule has 1 amide bonds. The van der Waals surface area contributed by atoms with Crippen LogP contribution in [0.3, 0.4) is 0 Å². The number of unbranched alkanes of at least 4 members (excludes halogenated alkanes) is 1. The number of amides is 1. The lowest BCUT2D eigenvalue weighted by Crippen LogP contribution is -2.43. The first-order chi connectivity index (χ1) is 7.99. The predicted molar refractivity (Wildman–Crippen MR) is 66.9 cm³/mol. The van der Waals surface area contributed by atoms with Gasteiger partial charge in [-0.15, -0.1) is 0 Å². The van der Waals surface area contributed by atoms with Crippen molar-refractivity contribution in [2.45, 2.75) is 45.6 Å². The molecular weight excluding hydrogens is 220 g/mol. The molecule has 0 aliphatic carbocycles. The van der Waals surface area contributed by atoms with Gasteiger partial charge in [-0.25, -0.2) is 0 Å². The van der Waals surface area contributed by atoms with Gasteiger partial charge in [0.05, 0.1) is 6.04 Å². The van der Waals surface area contributed by atoms with Crippen molar-refractivity contribution >= 4 is 11.9 Å². The third-order valence-electron chi connectivity index (χ3n) is 2.77. The molecule has 0 bridgehead atoms. The van der Waals surface area contributed by atoms with Crippen molar-refractivity contribution in [1.82, 2.24) is 10.2 Å². The molecule has 0 aromatic rings. The highest BCUT2D eigenvalue weighted by Crippen LogP contribution is 1.99. The summed E-state index contributed by atoms with van der Waals surface area (Å²) in [6, 6.07) is -0.208. The Kier molecular flexibility index (Phi) is 8.40. The minimum absolute atomic E-state index is 0.0104. The summed E-state index contributed by atoms with van der Waals surface area (Å²) >= 11 is 0. The Bertz CT molecular complexity index is 244. The number of hydrogen-bond acceptors (Lipinski definition) is 3. The van der Waals surface area contributed by atoms with Crippen molar-refractivity contribution in [1.29, 1.82) is 0 Å². The van der Waals surface area contributed by atoms with E-state index in [1.807, 2.05) is 18.9 Å². The number of carboxylic acid groups (broad SMARTS) is 1. The molecule has 100 valence electrons. The second-order valence-electron chi connectivity index (χ2n) is 4.30. The van der Waals surface area contributed by atoms with Gasteiger partial charge in [0.25, 0.3) is 0 Å². The van der Waals surface area contributed by atoms with Crippen molar-refractivity contribution in [3.63, 3.8) is 0 Å². The van der Waals surface area contributed by atoms with Crippen LogP contribution in [0.4, 0.5) is 0 Å². The normalized spacial score (nSPS) is 12.5. The SMILES string of the molecule is CCCCNC(=O)C(C)N(C)CCCC(=O)O. The summed E-state index contributed by atoms with van der Waals surface area (Å²) in [6.45, 7) is 5.24. The van der Waals surface area contributed by atoms with E-state index in [2.05, 4.69) is 12.2 Å². The van der Waals surface area contributed by atoms with E-state index < -0.39 is 5.97 Å². The van der Waals surface area contributed by atoms with E-state index >= 15 is 0 Å². The van der Waals surface area contributed by atoms with Crippen LogP contribution in [0.25, 0.3) is 0 Å². The molecule has 0 saturated heterocycles. The summed E-state index contributed by atoms with van der Waals surface area (Å²) in [5, 5.41) is 11.4. The predicted octanol–water partition coefficient (Wildman–Crippen LogP) is 1.09. The molecule has 0 spiro atoms. The van der Waals surface area contributed by atoms with Crippen molar-refractivity contribution in [2.24, 2.45) is 0 Å². The molecule has 1 unspecified atom stereocenters. The second kappa shape index (κ2) is 8.98. The van der Waals surface area contributed by atoms with Gasteiger partial charge in [0.15, 0.2) is 0 Å². The van der Waals surface area contributed by atoms with Crippen LogP contribution in [-0.2, 0) is 9.59 Å². The maximum Gasteiger partial charge on any atom is 0.303 e. The highest BCUT2D eigenvalue weighted by atomic mass is 16.4. The zero-order valence-electron chi connectivity index (χ0n) is 11.0. The van der Waals surface area contributed by atoms with Gasteiger partial charge in [-0.2, -0.15) is 0 Å². The first-order valence-corrected chi connectivity index (χ1v) is 6.18. The number of likely N-dealkylation sites (N-methyl/N-ethyl adjacent to an activating group) is 1. The third-order valence-corrected chi connectivity index (χ3v) is 2.77. The summed E-state index contributed by atoms with van der Waals surface area (Å²) in [6.07, 6.45) is 2.76. The fourth-order valence-electron chi connectivity index (χ4n) is 1.41. The van der Waals surface area contributed by atoms with Gasteiger partial charge in [0, 0.05) is 13.0 Å². The monoisotopic (exact) mass is 244 g/mol. The number of hydrogen-bond donors (Lipinski definition) is 2. The number of carboxylic acids is 1. The Morgan fingerprint density at radius 3 is 2.53 bits per heavy atom. The fraction of sp³-hybridized carbons (Fsp3) is 0.833. The Hall–Kier alpha value is -1.10. The highest BCUT2D eigenvalue weighted by Gasteiger charge is 2.17. The molecule has 0 radical (unpaired) electrons. The maximum absolute atomic E-state index is 11.7. The Balaban J connectivity index is 3.81. The molecule has 5 heteroatoms. The van der Waals surface area contributed by atoms with Crippen LogP contribution in [0, 0.1) is 0 Å². The molecule has 17 heavy (non-hydrogen) atoms. The van der Waals surface area contributed by atoms with Gasteiger partial charge in [0.1, 0.15) is 0 Å². The van der Waals surface area contributed by atoms with E-state index in [-0.39, 0.29) is 18.4 Å². The molecule has 0 aromatic heterocycles. The number of carbonyl (C=O) groups is 2. The minimum Gasteiger partial charge on any atom is -0.481 e. The standard InChI is InChI=1S/C12H24N2O3/c1-4-5-8-13-12(17)10(2)14(3)9-6-7-11(15)16/h10H,4-9H2,1-3H3,(H,13,17)(H,15,16). The van der Waals surface area contributed by atoms with Crippen molar-refractivity contribution < 1.29 is 14.7 Å². The number of nitrogens with zero attached hydrogens (tertiary/aromatic N) is 1. The van der Waals surface area contributed by atoms with Gasteiger partial charge in [-0.1, -0.05) is 13.3 Å². The molecule has 2 N–H and O–H groups in total. The quantitative estimate of drug-likeness (QED) is 0.596. The molecule has 0 saturated carbocycles. The molecule has 0 aliphatic rings. The Morgan fingerprint density at radius 2 is 2.00 bits per heavy atom. The molecule has 0 rings (SSSR count). The van der Waals surface area contributed by atoms with Crippen LogP contribution < -0.4 is 5.32 Å². The van der Waals surface area contributed by atoms with E-state index in [0.717, 1.165) is 12.8 Å². The van der Waals surface area contributed by atoms with Crippen LogP contribution in [-0.4, -0.2) is 48.1 Å². The van der Waals surface area contributed by atoms with E-state index in [1.54, 1.807) is 0 Å². The zero-order chi connectivity index (χ0) is 13.3. The summed E-state index contributed by atoms with van der Waals surface area (Å²) in [5.41, 5.74) is 0. The average Bonchev–Trinajstić information content (AvgIpc) is 2.27. The smallest absolute Gasteiger partial charge is 0.303 e. The lowest BCUT2D eigenvalue weighted by molar-refractivity contribution is -0.137. The van der Waals surface area contributed by atoms with E-state index in [9.17, 15) is 9.59 Å². The van der Waals surface area contributed by atoms with Gasteiger partial charge < -0.3 is 10.4 Å². The van der Waals surface area contributed by atoms with Gasteiger partial charge in [-0.05, 0) is 33.4 Å². The first-order valence-electron chi connectivity index (χ1n) is 6.18. The molecule has 1 atom stereocenters. The maximum atomic E-state index is 11.7. The fourth-order valence-corrected chi connectivity index (χ4v) is 1.41. The molecule has 0 aliphatic heterocycles. The lowest BCUT2D eigenvalue weighted by Gasteiger charge is -2.23. The van der Waals surface area contributed by atoms with Gasteiger partial charge >= 0.3 is 5.97 Å². The van der Waals surface area contributed by atoms with Crippen molar-refractivity contribution in [3.8, 4) is 0 Å². The summed E-state index contributed by atoms with van der Waals surface area (Å²) < 4.78 is 0. The minimum atomic E-state index is -0.793. The number of rotatable bonds is 9. The van der Waals surface area contributed by atoms with E-state index in [1.165, 1.54) is 0 Å².